The number of nitrogens with one attached hydrogen (secondary N) is 1. The van der Waals surface area contributed by atoms with E-state index in [1.807, 2.05) is 45.0 Å². The van der Waals surface area contributed by atoms with Crippen LogP contribution in [0, 0.1) is 5.92 Å². The normalized spacial score (nSPS) is 17.3. The Morgan fingerprint density at radius 2 is 2.00 bits per heavy atom. The third-order valence-electron chi connectivity index (χ3n) is 4.52. The summed E-state index contributed by atoms with van der Waals surface area (Å²) in [7, 11) is 1.63. The van der Waals surface area contributed by atoms with Crippen molar-refractivity contribution >= 4 is 28.3 Å². The Morgan fingerprint density at radius 3 is 2.59 bits per heavy atom. The van der Waals surface area contributed by atoms with Crippen LogP contribution in [0.4, 0.5) is 5.13 Å². The predicted molar refractivity (Wildman–Crippen MR) is 104 cm³/mol. The van der Waals surface area contributed by atoms with Crippen LogP contribution in [0.15, 0.2) is 24.3 Å². The lowest BCUT2D eigenvalue weighted by Crippen LogP contribution is -2.42. The van der Waals surface area contributed by atoms with Crippen molar-refractivity contribution in [2.24, 2.45) is 5.92 Å². The maximum absolute atomic E-state index is 12.5. The van der Waals surface area contributed by atoms with E-state index in [1.54, 1.807) is 12.0 Å². The molecule has 2 heterocycles. The number of likely N-dealkylation sites (tertiary alicyclic amines) is 1. The van der Waals surface area contributed by atoms with Crippen LogP contribution in [0.5, 0.6) is 5.75 Å². The van der Waals surface area contributed by atoms with Crippen molar-refractivity contribution in [1.29, 1.82) is 0 Å². The minimum absolute atomic E-state index is 0.0140. The van der Waals surface area contributed by atoms with Crippen molar-refractivity contribution in [2.45, 2.75) is 39.2 Å². The van der Waals surface area contributed by atoms with E-state index in [4.69, 9.17) is 4.74 Å². The molecular formula is C19H24N4O3S. The lowest BCUT2D eigenvalue weighted by molar-refractivity contribution is -0.131. The van der Waals surface area contributed by atoms with Crippen molar-refractivity contribution in [1.82, 2.24) is 15.1 Å². The molecule has 1 aliphatic rings. The highest BCUT2D eigenvalue weighted by molar-refractivity contribution is 7.15. The Morgan fingerprint density at radius 1 is 1.30 bits per heavy atom. The van der Waals surface area contributed by atoms with Gasteiger partial charge >= 0.3 is 0 Å². The molecule has 144 valence electrons. The fourth-order valence-corrected chi connectivity index (χ4v) is 3.81. The molecule has 27 heavy (non-hydrogen) atoms. The molecule has 0 bridgehead atoms. The Kier molecular flexibility index (Phi) is 5.46. The summed E-state index contributed by atoms with van der Waals surface area (Å²) in [4.78, 5) is 26.4. The number of anilines is 1. The average Bonchev–Trinajstić information content (AvgIpc) is 3.21. The summed E-state index contributed by atoms with van der Waals surface area (Å²) in [5, 5.41) is 12.3. The van der Waals surface area contributed by atoms with Crippen molar-refractivity contribution in [3.8, 4) is 5.75 Å². The number of benzene rings is 1. The molecule has 0 saturated carbocycles. The molecule has 1 saturated heterocycles. The SMILES string of the molecule is COc1ccc(Cc2nnc(NC(=O)C3CC(=O)N(C(C)(C)C)C3)s2)cc1. The first-order valence-electron chi connectivity index (χ1n) is 8.83. The smallest absolute Gasteiger partial charge is 0.231 e. The quantitative estimate of drug-likeness (QED) is 0.851. The molecule has 1 unspecified atom stereocenters. The van der Waals surface area contributed by atoms with Gasteiger partial charge in [0.05, 0.1) is 13.0 Å². The lowest BCUT2D eigenvalue weighted by Gasteiger charge is -2.31. The zero-order valence-corrected chi connectivity index (χ0v) is 16.8. The van der Waals surface area contributed by atoms with Gasteiger partial charge in [0.2, 0.25) is 16.9 Å². The molecule has 1 N–H and O–H groups in total. The van der Waals surface area contributed by atoms with Gasteiger partial charge in [0.15, 0.2) is 0 Å². The predicted octanol–water partition coefficient (Wildman–Crippen LogP) is 2.72. The van der Waals surface area contributed by atoms with Gasteiger partial charge in [-0.15, -0.1) is 10.2 Å². The van der Waals surface area contributed by atoms with E-state index in [9.17, 15) is 9.59 Å². The van der Waals surface area contributed by atoms with Crippen LogP contribution in [0.25, 0.3) is 0 Å². The Balaban J connectivity index is 1.59. The van der Waals surface area contributed by atoms with Crippen LogP contribution in [0.3, 0.4) is 0 Å². The molecule has 3 rings (SSSR count). The molecule has 1 atom stereocenters. The summed E-state index contributed by atoms with van der Waals surface area (Å²) in [6.45, 7) is 6.36. The van der Waals surface area contributed by atoms with Gasteiger partial charge in [-0.25, -0.2) is 0 Å². The lowest BCUT2D eigenvalue weighted by atomic mass is 10.1. The number of hydrogen-bond donors (Lipinski definition) is 1. The van der Waals surface area contributed by atoms with Gasteiger partial charge in [-0.2, -0.15) is 0 Å². The van der Waals surface area contributed by atoms with E-state index < -0.39 is 0 Å². The van der Waals surface area contributed by atoms with Crippen LogP contribution in [0.2, 0.25) is 0 Å². The molecule has 2 aromatic rings. The summed E-state index contributed by atoms with van der Waals surface area (Å²) < 4.78 is 5.15. The van der Waals surface area contributed by atoms with E-state index in [2.05, 4.69) is 15.5 Å². The highest BCUT2D eigenvalue weighted by atomic mass is 32.1. The molecule has 0 radical (unpaired) electrons. The topological polar surface area (TPSA) is 84.4 Å². The van der Waals surface area contributed by atoms with Crippen LogP contribution >= 0.6 is 11.3 Å². The number of ether oxygens (including phenoxy) is 1. The highest BCUT2D eigenvalue weighted by Gasteiger charge is 2.39. The number of hydrogen-bond acceptors (Lipinski definition) is 6. The maximum atomic E-state index is 12.5. The zero-order valence-electron chi connectivity index (χ0n) is 16.0. The van der Waals surface area contributed by atoms with E-state index in [0.29, 0.717) is 18.1 Å². The molecular weight excluding hydrogens is 364 g/mol. The molecule has 7 nitrogen and oxygen atoms in total. The fourth-order valence-electron chi connectivity index (χ4n) is 3.03. The van der Waals surface area contributed by atoms with E-state index in [1.165, 1.54) is 11.3 Å². The second-order valence-electron chi connectivity index (χ2n) is 7.59. The first kappa shape index (κ1) is 19.3. The molecule has 8 heteroatoms. The summed E-state index contributed by atoms with van der Waals surface area (Å²) in [5.41, 5.74) is 0.812. The Hall–Kier alpha value is -2.48. The standard InChI is InChI=1S/C19H24N4O3S/c1-19(2,3)23-11-13(10-16(23)24)17(25)20-18-22-21-15(27-18)9-12-5-7-14(26-4)8-6-12/h5-8,13H,9-11H2,1-4H3,(H,20,22,25). The Bertz CT molecular complexity index is 826. The summed E-state index contributed by atoms with van der Waals surface area (Å²) in [5.74, 6) is 0.285. The number of carbonyl (C=O) groups excluding carboxylic acids is 2. The van der Waals surface area contributed by atoms with Gasteiger partial charge < -0.3 is 15.0 Å². The van der Waals surface area contributed by atoms with Crippen LogP contribution in [-0.2, 0) is 16.0 Å². The van der Waals surface area contributed by atoms with Crippen molar-refractivity contribution in [3.63, 3.8) is 0 Å². The molecule has 0 spiro atoms. The number of aromatic nitrogens is 2. The van der Waals surface area contributed by atoms with Gasteiger partial charge in [-0.1, -0.05) is 23.5 Å². The first-order valence-corrected chi connectivity index (χ1v) is 9.64. The summed E-state index contributed by atoms with van der Waals surface area (Å²) >= 11 is 1.35. The molecule has 1 aromatic carbocycles. The summed E-state index contributed by atoms with van der Waals surface area (Å²) in [6, 6.07) is 7.75. The van der Waals surface area contributed by atoms with E-state index in [0.717, 1.165) is 16.3 Å². The van der Waals surface area contributed by atoms with Crippen LogP contribution in [0.1, 0.15) is 37.8 Å². The molecule has 0 aliphatic carbocycles. The number of nitrogens with zero attached hydrogens (tertiary/aromatic N) is 3. The maximum Gasteiger partial charge on any atom is 0.231 e. The van der Waals surface area contributed by atoms with Gasteiger partial charge in [-0.05, 0) is 38.5 Å². The van der Waals surface area contributed by atoms with Crippen LogP contribution in [-0.4, -0.2) is 46.1 Å². The highest BCUT2D eigenvalue weighted by Crippen LogP contribution is 2.27. The van der Waals surface area contributed by atoms with Crippen molar-refractivity contribution in [3.05, 3.63) is 34.8 Å². The monoisotopic (exact) mass is 388 g/mol. The molecule has 1 aromatic heterocycles. The summed E-state index contributed by atoms with van der Waals surface area (Å²) in [6.07, 6.45) is 0.873. The minimum Gasteiger partial charge on any atom is -0.497 e. The van der Waals surface area contributed by atoms with Gasteiger partial charge in [0.25, 0.3) is 0 Å². The molecule has 1 aliphatic heterocycles. The van der Waals surface area contributed by atoms with E-state index in [-0.39, 0.29) is 29.7 Å². The molecule has 2 amide bonds. The zero-order chi connectivity index (χ0) is 19.6. The average molecular weight is 388 g/mol. The van der Waals surface area contributed by atoms with Crippen molar-refractivity contribution in [2.75, 3.05) is 19.0 Å². The van der Waals surface area contributed by atoms with Crippen LogP contribution < -0.4 is 10.1 Å². The third-order valence-corrected chi connectivity index (χ3v) is 5.36. The third kappa shape index (κ3) is 4.63. The van der Waals surface area contributed by atoms with Gasteiger partial charge in [0.1, 0.15) is 10.8 Å². The number of rotatable bonds is 5. The van der Waals surface area contributed by atoms with Gasteiger partial charge in [0, 0.05) is 24.9 Å². The molecule has 1 fully saturated rings. The first-order chi connectivity index (χ1) is 12.8. The number of amides is 2. The number of methoxy groups -OCH3 is 1. The van der Waals surface area contributed by atoms with Gasteiger partial charge in [-0.3, -0.25) is 9.59 Å². The fraction of sp³-hybridized carbons (Fsp3) is 0.474. The minimum atomic E-state index is -0.356. The second kappa shape index (κ2) is 7.64. The largest absolute Gasteiger partial charge is 0.497 e. The number of carbonyl (C=O) groups is 2. The second-order valence-corrected chi connectivity index (χ2v) is 8.65. The van der Waals surface area contributed by atoms with E-state index >= 15 is 0 Å². The van der Waals surface area contributed by atoms with Crippen molar-refractivity contribution < 1.29 is 14.3 Å². The Labute approximate surface area is 162 Å².